The predicted molar refractivity (Wildman–Crippen MR) is 149 cm³/mol. The molecular formula is C30H30O10S. The Kier molecular flexibility index (Phi) is 6.78. The van der Waals surface area contributed by atoms with Crippen LogP contribution in [0.25, 0.3) is 11.1 Å². The summed E-state index contributed by atoms with van der Waals surface area (Å²) in [7, 11) is -4.92. The summed E-state index contributed by atoms with van der Waals surface area (Å²) >= 11 is 0. The topological polar surface area (TPSA) is 179 Å². The van der Waals surface area contributed by atoms with Crippen molar-refractivity contribution < 1.29 is 47.2 Å². The van der Waals surface area contributed by atoms with Gasteiger partial charge in [0.1, 0.15) is 28.6 Å². The Morgan fingerprint density at radius 2 is 1.63 bits per heavy atom. The number of ketones is 1. The van der Waals surface area contributed by atoms with Crippen molar-refractivity contribution in [1.29, 1.82) is 0 Å². The molecule has 5 N–H and O–H groups in total. The lowest BCUT2D eigenvalue weighted by molar-refractivity contribution is 0.0692. The molecule has 0 fully saturated rings. The van der Waals surface area contributed by atoms with Gasteiger partial charge in [-0.25, -0.2) is 4.79 Å². The molecule has 41 heavy (non-hydrogen) atoms. The van der Waals surface area contributed by atoms with Crippen LogP contribution in [-0.4, -0.2) is 45.1 Å². The second kappa shape index (κ2) is 9.78. The highest BCUT2D eigenvalue weighted by Crippen LogP contribution is 2.53. The molecule has 0 saturated heterocycles. The minimum atomic E-state index is -4.92. The highest BCUT2D eigenvalue weighted by molar-refractivity contribution is 7.81. The van der Waals surface area contributed by atoms with E-state index in [-0.39, 0.29) is 33.6 Å². The van der Waals surface area contributed by atoms with Gasteiger partial charge in [-0.15, -0.1) is 0 Å². The number of hydrogen-bond acceptors (Lipinski definition) is 8. The van der Waals surface area contributed by atoms with Gasteiger partial charge in [0.05, 0.1) is 11.1 Å². The standard InChI is InChI=1S/C30H30O10S/c1-4-5-6-7-14-10-15-8-9-17-18(22(15)27(33)23(14)29(35)36)13-20-25(26(17)32)28(34)24-19(30(20,2)3)11-16(12-21(24)31)40-41(37,38)39/h10-13,31-33H,4-9H2,1-3H3,(H,35,36)(H,37,38,39). The molecule has 0 unspecified atom stereocenters. The van der Waals surface area contributed by atoms with Crippen LogP contribution in [-0.2, 0) is 35.1 Å². The number of aromatic carboxylic acids is 1. The zero-order chi connectivity index (χ0) is 30.0. The number of rotatable bonds is 7. The van der Waals surface area contributed by atoms with Crippen molar-refractivity contribution in [2.24, 2.45) is 0 Å². The van der Waals surface area contributed by atoms with Crippen LogP contribution in [0.4, 0.5) is 0 Å². The van der Waals surface area contributed by atoms with Gasteiger partial charge in [-0.3, -0.25) is 9.35 Å². The molecule has 2 aliphatic rings. The van der Waals surface area contributed by atoms with Crippen LogP contribution in [0.1, 0.15) is 94.1 Å². The Hall–Kier alpha value is -4.09. The van der Waals surface area contributed by atoms with Gasteiger partial charge in [0, 0.05) is 22.6 Å². The zero-order valence-electron chi connectivity index (χ0n) is 22.7. The van der Waals surface area contributed by atoms with Gasteiger partial charge in [0.15, 0.2) is 0 Å². The normalized spacial score (nSPS) is 15.0. The van der Waals surface area contributed by atoms with Crippen LogP contribution >= 0.6 is 0 Å². The smallest absolute Gasteiger partial charge is 0.446 e. The van der Waals surface area contributed by atoms with E-state index in [1.54, 1.807) is 26.0 Å². The van der Waals surface area contributed by atoms with E-state index in [1.165, 1.54) is 6.07 Å². The van der Waals surface area contributed by atoms with E-state index < -0.39 is 44.8 Å². The lowest BCUT2D eigenvalue weighted by Gasteiger charge is -2.37. The second-order valence-corrected chi connectivity index (χ2v) is 12.1. The van der Waals surface area contributed by atoms with Gasteiger partial charge >= 0.3 is 16.4 Å². The number of carbonyl (C=O) groups is 2. The number of carboxylic acids is 1. The molecule has 3 aromatic rings. The molecule has 0 amide bonds. The number of phenols is 3. The fraction of sp³-hybridized carbons (Fsp3) is 0.333. The summed E-state index contributed by atoms with van der Waals surface area (Å²) in [5.41, 5.74) is 1.32. The van der Waals surface area contributed by atoms with Gasteiger partial charge in [-0.05, 0) is 65.6 Å². The Balaban J connectivity index is 1.75. The number of carboxylic acid groups (broad SMARTS) is 1. The molecule has 0 radical (unpaired) electrons. The van der Waals surface area contributed by atoms with Crippen molar-refractivity contribution in [1.82, 2.24) is 0 Å². The zero-order valence-corrected chi connectivity index (χ0v) is 23.6. The van der Waals surface area contributed by atoms with Gasteiger partial charge in [0.2, 0.25) is 5.78 Å². The van der Waals surface area contributed by atoms with Crippen LogP contribution in [0.5, 0.6) is 23.0 Å². The first kappa shape index (κ1) is 28.4. The number of fused-ring (bicyclic) bond motifs is 5. The monoisotopic (exact) mass is 582 g/mol. The van der Waals surface area contributed by atoms with Crippen LogP contribution in [0.15, 0.2) is 24.3 Å². The minimum Gasteiger partial charge on any atom is -0.507 e. The van der Waals surface area contributed by atoms with Crippen molar-refractivity contribution in [2.45, 2.75) is 64.7 Å². The van der Waals surface area contributed by atoms with E-state index in [0.717, 1.165) is 30.9 Å². The van der Waals surface area contributed by atoms with E-state index >= 15 is 0 Å². The molecule has 0 saturated carbocycles. The van der Waals surface area contributed by atoms with E-state index in [0.29, 0.717) is 41.5 Å². The molecule has 0 heterocycles. The van der Waals surface area contributed by atoms with Crippen molar-refractivity contribution in [3.63, 3.8) is 0 Å². The maximum absolute atomic E-state index is 13.7. The first-order valence-electron chi connectivity index (χ1n) is 13.3. The SMILES string of the molecule is CCCCCc1cc2c(c(O)c1C(=O)O)-c1cc3c(c(O)c1CC2)C(=O)c1c(O)cc(OS(=O)(=O)O)cc1C3(C)C. The molecule has 2 aliphatic carbocycles. The van der Waals surface area contributed by atoms with Gasteiger partial charge < -0.3 is 24.6 Å². The molecule has 0 atom stereocenters. The number of aryl methyl sites for hydroxylation is 2. The molecule has 0 bridgehead atoms. The third-order valence-electron chi connectivity index (χ3n) is 8.14. The van der Waals surface area contributed by atoms with Crippen molar-refractivity contribution in [3.05, 3.63) is 68.8 Å². The summed E-state index contributed by atoms with van der Waals surface area (Å²) in [6.07, 6.45) is 3.86. The van der Waals surface area contributed by atoms with E-state index in [4.69, 9.17) is 4.55 Å². The average Bonchev–Trinajstić information content (AvgIpc) is 2.85. The number of benzene rings is 3. The maximum atomic E-state index is 13.7. The second-order valence-electron chi connectivity index (χ2n) is 11.1. The fourth-order valence-electron chi connectivity index (χ4n) is 6.22. The number of phenolic OH excluding ortho intramolecular Hbond substituents is 2. The van der Waals surface area contributed by atoms with Gasteiger partial charge in [-0.1, -0.05) is 39.7 Å². The molecule has 216 valence electrons. The first-order chi connectivity index (χ1) is 19.2. The summed E-state index contributed by atoms with van der Waals surface area (Å²) in [6.45, 7) is 5.44. The molecule has 0 spiro atoms. The van der Waals surface area contributed by atoms with Crippen LogP contribution < -0.4 is 4.18 Å². The summed E-state index contributed by atoms with van der Waals surface area (Å²) in [4.78, 5) is 26.0. The Morgan fingerprint density at radius 3 is 2.27 bits per heavy atom. The predicted octanol–water partition coefficient (Wildman–Crippen LogP) is 5.05. The summed E-state index contributed by atoms with van der Waals surface area (Å²) in [5, 5.41) is 43.5. The third kappa shape index (κ3) is 4.58. The lowest BCUT2D eigenvalue weighted by atomic mass is 9.66. The Bertz CT molecular complexity index is 1750. The Labute approximate surface area is 236 Å². The molecule has 5 rings (SSSR count). The van der Waals surface area contributed by atoms with Crippen molar-refractivity contribution in [2.75, 3.05) is 0 Å². The van der Waals surface area contributed by atoms with E-state index in [2.05, 4.69) is 4.18 Å². The van der Waals surface area contributed by atoms with Crippen LogP contribution in [0.2, 0.25) is 0 Å². The quantitative estimate of drug-likeness (QED) is 0.187. The third-order valence-corrected chi connectivity index (χ3v) is 8.54. The highest BCUT2D eigenvalue weighted by Gasteiger charge is 2.43. The largest absolute Gasteiger partial charge is 0.507 e. The first-order valence-corrected chi connectivity index (χ1v) is 14.6. The van der Waals surface area contributed by atoms with E-state index in [9.17, 15) is 38.4 Å². The van der Waals surface area contributed by atoms with E-state index in [1.807, 2.05) is 6.92 Å². The van der Waals surface area contributed by atoms with Gasteiger partial charge in [-0.2, -0.15) is 8.42 Å². The molecular weight excluding hydrogens is 552 g/mol. The number of unbranched alkanes of at least 4 members (excludes halogenated alkanes) is 2. The summed E-state index contributed by atoms with van der Waals surface area (Å²) in [6, 6.07) is 5.55. The van der Waals surface area contributed by atoms with Crippen molar-refractivity contribution in [3.8, 4) is 34.1 Å². The number of carbonyl (C=O) groups excluding carboxylic acids is 1. The number of hydrogen-bond donors (Lipinski definition) is 5. The molecule has 11 heteroatoms. The molecule has 3 aromatic carbocycles. The highest BCUT2D eigenvalue weighted by atomic mass is 32.3. The molecule has 10 nitrogen and oxygen atoms in total. The average molecular weight is 583 g/mol. The maximum Gasteiger partial charge on any atom is 0.446 e. The molecule has 0 aliphatic heterocycles. The van der Waals surface area contributed by atoms with Crippen LogP contribution in [0, 0.1) is 0 Å². The van der Waals surface area contributed by atoms with Crippen LogP contribution in [0.3, 0.4) is 0 Å². The lowest BCUT2D eigenvalue weighted by Crippen LogP contribution is -2.31. The van der Waals surface area contributed by atoms with Gasteiger partial charge in [0.25, 0.3) is 0 Å². The fourth-order valence-corrected chi connectivity index (χ4v) is 6.56. The number of aromatic hydroxyl groups is 3. The molecule has 0 aromatic heterocycles. The minimum absolute atomic E-state index is 0.0439. The Morgan fingerprint density at radius 1 is 0.951 bits per heavy atom. The summed E-state index contributed by atoms with van der Waals surface area (Å²) < 4.78 is 36.3. The van der Waals surface area contributed by atoms with Crippen molar-refractivity contribution >= 4 is 22.2 Å². The summed E-state index contributed by atoms with van der Waals surface area (Å²) in [5.74, 6) is -3.70.